The van der Waals surface area contributed by atoms with Crippen molar-refractivity contribution in [1.29, 1.82) is 0 Å². The van der Waals surface area contributed by atoms with Crippen LogP contribution in [0.15, 0.2) is 53.0 Å². The van der Waals surface area contributed by atoms with Gasteiger partial charge in [-0.1, -0.05) is 15.9 Å². The quantitative estimate of drug-likeness (QED) is 0.778. The van der Waals surface area contributed by atoms with Gasteiger partial charge in [0.25, 0.3) is 5.91 Å². The van der Waals surface area contributed by atoms with Gasteiger partial charge in [0.1, 0.15) is 12.3 Å². The normalized spacial score (nSPS) is 11.8. The van der Waals surface area contributed by atoms with Crippen LogP contribution in [0.1, 0.15) is 12.5 Å². The molecule has 0 aliphatic carbocycles. The molecule has 0 saturated heterocycles. The Labute approximate surface area is 145 Å². The number of carbonyl (C=O) groups is 1. The van der Waals surface area contributed by atoms with Crippen LogP contribution in [0.5, 0.6) is 5.75 Å². The average molecular weight is 378 g/mol. The summed E-state index contributed by atoms with van der Waals surface area (Å²) in [5.41, 5.74) is 1.99. The first kappa shape index (κ1) is 17.5. The molecule has 1 unspecified atom stereocenters. The molecule has 0 bridgehead atoms. The van der Waals surface area contributed by atoms with E-state index in [-0.39, 0.29) is 5.91 Å². The average Bonchev–Trinajstić information content (AvgIpc) is 2.51. The summed E-state index contributed by atoms with van der Waals surface area (Å²) in [5.74, 6) is 0.887. The minimum atomic E-state index is 0.00996. The summed E-state index contributed by atoms with van der Waals surface area (Å²) in [5, 5.41) is 2.91. The number of nitrogens with one attached hydrogen (secondary N) is 2. The molecule has 0 spiro atoms. The molecule has 0 aromatic heterocycles. The first-order valence-electron chi connectivity index (χ1n) is 7.65. The van der Waals surface area contributed by atoms with E-state index in [0.717, 1.165) is 27.4 Å². The zero-order valence-corrected chi connectivity index (χ0v) is 15.0. The number of likely N-dealkylation sites (N-methyl/N-ethyl adjacent to an activating group) is 1. The Hall–Kier alpha value is -1.85. The summed E-state index contributed by atoms with van der Waals surface area (Å²) in [4.78, 5) is 13.2. The number of hydrogen-bond donors (Lipinski definition) is 2. The van der Waals surface area contributed by atoms with Crippen molar-refractivity contribution in [3.05, 3.63) is 58.6 Å². The molecule has 0 fully saturated rings. The van der Waals surface area contributed by atoms with Gasteiger partial charge in [-0.05, 0) is 55.5 Å². The lowest BCUT2D eigenvalue weighted by Gasteiger charge is -2.14. The van der Waals surface area contributed by atoms with Crippen LogP contribution in [0.4, 0.5) is 5.69 Å². The van der Waals surface area contributed by atoms with E-state index >= 15 is 0 Å². The topological polar surface area (TPSA) is 42.8 Å². The molecule has 5 heteroatoms. The third-order valence-corrected chi connectivity index (χ3v) is 3.86. The van der Waals surface area contributed by atoms with Crippen LogP contribution >= 0.6 is 15.9 Å². The first-order chi connectivity index (χ1) is 11.1. The van der Waals surface area contributed by atoms with Crippen molar-refractivity contribution < 1.29 is 14.4 Å². The molecule has 2 aromatic rings. The Morgan fingerprint density at radius 1 is 1.13 bits per heavy atom. The fourth-order valence-corrected chi connectivity index (χ4v) is 2.56. The van der Waals surface area contributed by atoms with E-state index in [4.69, 9.17) is 4.74 Å². The summed E-state index contributed by atoms with van der Waals surface area (Å²) in [6, 6.07) is 15.6. The van der Waals surface area contributed by atoms with Crippen molar-refractivity contribution >= 4 is 27.5 Å². The zero-order chi connectivity index (χ0) is 16.7. The molecule has 0 aliphatic rings. The second-order valence-electron chi connectivity index (χ2n) is 5.44. The summed E-state index contributed by atoms with van der Waals surface area (Å²) >= 11 is 3.38. The number of amides is 1. The summed E-state index contributed by atoms with van der Waals surface area (Å²) in [6.07, 6.45) is 0. The molecule has 4 nitrogen and oxygen atoms in total. The maximum Gasteiger partial charge on any atom is 0.279 e. The van der Waals surface area contributed by atoms with E-state index in [0.29, 0.717) is 13.2 Å². The van der Waals surface area contributed by atoms with Gasteiger partial charge in [0.05, 0.1) is 13.7 Å². The number of anilines is 1. The summed E-state index contributed by atoms with van der Waals surface area (Å²) < 4.78 is 6.43. The van der Waals surface area contributed by atoms with E-state index in [9.17, 15) is 4.79 Å². The van der Waals surface area contributed by atoms with Gasteiger partial charge in [-0.2, -0.15) is 0 Å². The van der Waals surface area contributed by atoms with E-state index in [1.165, 1.54) is 5.56 Å². The highest BCUT2D eigenvalue weighted by molar-refractivity contribution is 9.10. The molecular weight excluding hydrogens is 356 g/mol. The van der Waals surface area contributed by atoms with E-state index < -0.39 is 0 Å². The third kappa shape index (κ3) is 6.04. The Kier molecular flexibility index (Phi) is 6.62. The van der Waals surface area contributed by atoms with E-state index in [1.54, 1.807) is 0 Å². The number of benzene rings is 2. The van der Waals surface area contributed by atoms with Gasteiger partial charge in [-0.15, -0.1) is 0 Å². The predicted octanol–water partition coefficient (Wildman–Crippen LogP) is 2.50. The molecule has 0 saturated carbocycles. The molecule has 1 amide bonds. The minimum Gasteiger partial charge on any atom is -0.494 e. The molecular formula is C18H22BrN2O2+. The number of quaternary nitrogens is 1. The highest BCUT2D eigenvalue weighted by atomic mass is 79.9. The highest BCUT2D eigenvalue weighted by Crippen LogP contribution is 2.14. The van der Waals surface area contributed by atoms with Gasteiger partial charge in [-0.25, -0.2) is 0 Å². The van der Waals surface area contributed by atoms with Crippen molar-refractivity contribution in [2.75, 3.05) is 25.5 Å². The number of halogens is 1. The molecule has 0 radical (unpaired) electrons. The SMILES string of the molecule is CCOc1ccc(C[NH+](C)CC(=O)Nc2ccc(Br)cc2)cc1. The van der Waals surface area contributed by atoms with Crippen LogP contribution in [-0.2, 0) is 11.3 Å². The van der Waals surface area contributed by atoms with Gasteiger partial charge >= 0.3 is 0 Å². The lowest BCUT2D eigenvalue weighted by molar-refractivity contribution is -0.885. The fourth-order valence-electron chi connectivity index (χ4n) is 2.29. The Bertz CT molecular complexity index is 626. The third-order valence-electron chi connectivity index (χ3n) is 3.33. The van der Waals surface area contributed by atoms with Crippen LogP contribution in [0.3, 0.4) is 0 Å². The first-order valence-corrected chi connectivity index (χ1v) is 8.44. The van der Waals surface area contributed by atoms with Crippen molar-refractivity contribution in [2.45, 2.75) is 13.5 Å². The lowest BCUT2D eigenvalue weighted by Crippen LogP contribution is -3.08. The van der Waals surface area contributed by atoms with Crippen LogP contribution in [0.2, 0.25) is 0 Å². The van der Waals surface area contributed by atoms with Gasteiger partial charge in [-0.3, -0.25) is 4.79 Å². The smallest absolute Gasteiger partial charge is 0.279 e. The summed E-state index contributed by atoms with van der Waals surface area (Å²) in [7, 11) is 2.01. The van der Waals surface area contributed by atoms with Gasteiger partial charge in [0, 0.05) is 15.7 Å². The molecule has 23 heavy (non-hydrogen) atoms. The fraction of sp³-hybridized carbons (Fsp3) is 0.278. The maximum atomic E-state index is 12.1. The number of hydrogen-bond acceptors (Lipinski definition) is 2. The second kappa shape index (κ2) is 8.70. The molecule has 1 atom stereocenters. The standard InChI is InChI=1S/C18H21BrN2O2/c1-3-23-17-10-4-14(5-11-17)12-21(2)13-18(22)20-16-8-6-15(19)7-9-16/h4-11H,3,12-13H2,1-2H3,(H,20,22)/p+1. The second-order valence-corrected chi connectivity index (χ2v) is 6.36. The highest BCUT2D eigenvalue weighted by Gasteiger charge is 2.11. The van der Waals surface area contributed by atoms with Crippen molar-refractivity contribution in [3.63, 3.8) is 0 Å². The number of ether oxygens (including phenoxy) is 1. The Balaban J connectivity index is 1.82. The van der Waals surface area contributed by atoms with E-state index in [1.807, 2.05) is 62.5 Å². The molecule has 122 valence electrons. The van der Waals surface area contributed by atoms with Gasteiger partial charge in [0.2, 0.25) is 0 Å². The van der Waals surface area contributed by atoms with Crippen molar-refractivity contribution in [1.82, 2.24) is 0 Å². The van der Waals surface area contributed by atoms with Crippen LogP contribution < -0.4 is 15.0 Å². The Morgan fingerprint density at radius 3 is 2.39 bits per heavy atom. The molecule has 2 N–H and O–H groups in total. The molecule has 0 heterocycles. The van der Waals surface area contributed by atoms with Gasteiger partial charge < -0.3 is 15.0 Å². The van der Waals surface area contributed by atoms with Crippen LogP contribution in [0, 0.1) is 0 Å². The number of carbonyl (C=O) groups excluding carboxylic acids is 1. The molecule has 0 aliphatic heterocycles. The number of rotatable bonds is 7. The van der Waals surface area contributed by atoms with Crippen LogP contribution in [-0.4, -0.2) is 26.1 Å². The van der Waals surface area contributed by atoms with Crippen molar-refractivity contribution in [3.8, 4) is 5.75 Å². The van der Waals surface area contributed by atoms with Gasteiger partial charge in [0.15, 0.2) is 6.54 Å². The van der Waals surface area contributed by atoms with E-state index in [2.05, 4.69) is 21.2 Å². The molecule has 2 rings (SSSR count). The molecule has 2 aromatic carbocycles. The monoisotopic (exact) mass is 377 g/mol. The largest absolute Gasteiger partial charge is 0.494 e. The van der Waals surface area contributed by atoms with Crippen LogP contribution in [0.25, 0.3) is 0 Å². The predicted molar refractivity (Wildman–Crippen MR) is 95.8 cm³/mol. The maximum absolute atomic E-state index is 12.1. The van der Waals surface area contributed by atoms with Crippen molar-refractivity contribution in [2.24, 2.45) is 0 Å². The Morgan fingerprint density at radius 2 is 1.78 bits per heavy atom. The zero-order valence-electron chi connectivity index (χ0n) is 13.4. The lowest BCUT2D eigenvalue weighted by atomic mass is 10.2. The minimum absolute atomic E-state index is 0.00996. The summed E-state index contributed by atoms with van der Waals surface area (Å²) in [6.45, 7) is 3.85.